The second-order valence-corrected chi connectivity index (χ2v) is 8.80. The molecule has 10 N–H and O–H groups in total. The number of aliphatic carboxylic acids is 2. The highest BCUT2D eigenvalue weighted by Crippen LogP contribution is 2.18. The van der Waals surface area contributed by atoms with Gasteiger partial charge in [-0.3, -0.25) is 24.0 Å². The number of carbonyl (C=O) groups is 6. The molecule has 0 radical (unpaired) electrons. The average molecular weight is 533 g/mol. The van der Waals surface area contributed by atoms with Crippen LogP contribution in [0.15, 0.2) is 30.5 Å². The van der Waals surface area contributed by atoms with E-state index < -0.39 is 66.2 Å². The summed E-state index contributed by atoms with van der Waals surface area (Å²) in [6.45, 7) is 1.35. The van der Waals surface area contributed by atoms with Gasteiger partial charge in [0.05, 0.1) is 6.04 Å². The lowest BCUT2D eigenvalue weighted by molar-refractivity contribution is -0.143. The number of nitrogens with two attached hydrogens (primary N) is 2. The van der Waals surface area contributed by atoms with Gasteiger partial charge in [0, 0.05) is 29.9 Å². The molecule has 0 saturated heterocycles. The summed E-state index contributed by atoms with van der Waals surface area (Å²) in [7, 11) is 0. The molecule has 0 saturated carbocycles. The maximum absolute atomic E-state index is 12.7. The zero-order valence-electron chi connectivity index (χ0n) is 20.7. The van der Waals surface area contributed by atoms with Crippen molar-refractivity contribution in [1.82, 2.24) is 20.9 Å². The molecule has 1 aromatic heterocycles. The molecule has 14 nitrogen and oxygen atoms in total. The quantitative estimate of drug-likeness (QED) is 0.136. The number of carbonyl (C=O) groups excluding carboxylic acids is 4. The number of para-hydroxylation sites is 1. The number of H-pyrrole nitrogens is 1. The fourth-order valence-corrected chi connectivity index (χ4v) is 3.67. The Hall–Kier alpha value is -4.46. The van der Waals surface area contributed by atoms with E-state index in [1.807, 2.05) is 24.3 Å². The number of aromatic nitrogens is 1. The van der Waals surface area contributed by atoms with Gasteiger partial charge in [0.15, 0.2) is 0 Å². The summed E-state index contributed by atoms with van der Waals surface area (Å²) >= 11 is 0. The minimum absolute atomic E-state index is 0.190. The van der Waals surface area contributed by atoms with Gasteiger partial charge in [-0.05, 0) is 37.8 Å². The van der Waals surface area contributed by atoms with Crippen LogP contribution in [0.1, 0.15) is 38.2 Å². The third-order valence-corrected chi connectivity index (χ3v) is 5.78. The SMILES string of the molecule is CC(NC(=O)C(N)Cc1c[nH]c2ccccc12)C(=O)NC(CCC(=O)O)C(=O)NC(CCC(N)=O)C(=O)O. The molecule has 206 valence electrons. The Bertz CT molecular complexity index is 1200. The first-order chi connectivity index (χ1) is 17.9. The molecule has 1 heterocycles. The molecule has 4 amide bonds. The van der Waals surface area contributed by atoms with E-state index in [2.05, 4.69) is 20.9 Å². The van der Waals surface area contributed by atoms with Gasteiger partial charge in [-0.15, -0.1) is 0 Å². The Kier molecular flexibility index (Phi) is 10.8. The molecule has 4 unspecified atom stereocenters. The van der Waals surface area contributed by atoms with Crippen LogP contribution in [0.3, 0.4) is 0 Å². The first-order valence-corrected chi connectivity index (χ1v) is 11.8. The zero-order valence-corrected chi connectivity index (χ0v) is 20.7. The van der Waals surface area contributed by atoms with Gasteiger partial charge < -0.3 is 42.6 Å². The van der Waals surface area contributed by atoms with Crippen LogP contribution in [0, 0.1) is 0 Å². The monoisotopic (exact) mass is 532 g/mol. The molecular formula is C24H32N6O8. The van der Waals surface area contributed by atoms with E-state index >= 15 is 0 Å². The van der Waals surface area contributed by atoms with E-state index in [1.54, 1.807) is 6.20 Å². The summed E-state index contributed by atoms with van der Waals surface area (Å²) in [5.41, 5.74) is 12.8. The molecule has 4 atom stereocenters. The van der Waals surface area contributed by atoms with Crippen LogP contribution in [-0.4, -0.2) is 74.9 Å². The van der Waals surface area contributed by atoms with Crippen molar-refractivity contribution in [2.24, 2.45) is 11.5 Å². The highest BCUT2D eigenvalue weighted by atomic mass is 16.4. The van der Waals surface area contributed by atoms with Crippen LogP contribution in [-0.2, 0) is 35.2 Å². The van der Waals surface area contributed by atoms with Gasteiger partial charge in [0.1, 0.15) is 18.1 Å². The van der Waals surface area contributed by atoms with Crippen LogP contribution in [0.4, 0.5) is 0 Å². The van der Waals surface area contributed by atoms with Crippen molar-refractivity contribution in [2.45, 2.75) is 63.2 Å². The highest BCUT2D eigenvalue weighted by molar-refractivity contribution is 5.94. The number of nitrogens with one attached hydrogen (secondary N) is 4. The van der Waals surface area contributed by atoms with Crippen LogP contribution >= 0.6 is 0 Å². The Morgan fingerprint density at radius 1 is 0.895 bits per heavy atom. The lowest BCUT2D eigenvalue weighted by Gasteiger charge is -2.23. The fraction of sp³-hybridized carbons (Fsp3) is 0.417. The summed E-state index contributed by atoms with van der Waals surface area (Å²) < 4.78 is 0. The summed E-state index contributed by atoms with van der Waals surface area (Å²) in [5.74, 6) is -5.85. The van der Waals surface area contributed by atoms with E-state index in [0.717, 1.165) is 16.5 Å². The largest absolute Gasteiger partial charge is 0.481 e. The van der Waals surface area contributed by atoms with Crippen LogP contribution in [0.2, 0.25) is 0 Å². The standard InChI is InChI=1S/C24H32N6O8/c1-12(28-22(35)15(25)10-13-11-27-16-5-3-2-4-14(13)16)21(34)29-17(7-9-20(32)33)23(36)30-18(24(37)38)6-8-19(26)31/h2-5,11-12,15,17-18,27H,6-10,25H2,1H3,(H2,26,31)(H,28,35)(H,29,34)(H,30,36)(H,32,33)(H,37,38). The Morgan fingerprint density at radius 3 is 2.16 bits per heavy atom. The van der Waals surface area contributed by atoms with Gasteiger partial charge in [-0.2, -0.15) is 0 Å². The second kappa shape index (κ2) is 13.7. The molecule has 0 spiro atoms. The van der Waals surface area contributed by atoms with E-state index in [4.69, 9.17) is 16.6 Å². The number of primary amides is 1. The highest BCUT2D eigenvalue weighted by Gasteiger charge is 2.29. The third-order valence-electron chi connectivity index (χ3n) is 5.78. The molecule has 1 aromatic carbocycles. The van der Waals surface area contributed by atoms with Crippen LogP contribution < -0.4 is 27.4 Å². The first-order valence-electron chi connectivity index (χ1n) is 11.8. The number of hydrogen-bond donors (Lipinski definition) is 8. The minimum Gasteiger partial charge on any atom is -0.481 e. The second-order valence-electron chi connectivity index (χ2n) is 8.80. The molecule has 2 aromatic rings. The summed E-state index contributed by atoms with van der Waals surface area (Å²) in [4.78, 5) is 74.5. The number of carboxylic acids is 2. The minimum atomic E-state index is -1.49. The number of benzene rings is 1. The molecule has 0 aliphatic heterocycles. The van der Waals surface area contributed by atoms with Crippen molar-refractivity contribution in [3.63, 3.8) is 0 Å². The summed E-state index contributed by atoms with van der Waals surface area (Å²) in [6, 6.07) is 2.43. The van der Waals surface area contributed by atoms with Gasteiger partial charge >= 0.3 is 11.9 Å². The van der Waals surface area contributed by atoms with Crippen molar-refractivity contribution < 1.29 is 39.0 Å². The maximum Gasteiger partial charge on any atom is 0.326 e. The van der Waals surface area contributed by atoms with Crippen molar-refractivity contribution >= 4 is 46.5 Å². The molecular weight excluding hydrogens is 500 g/mol. The molecule has 0 aliphatic rings. The van der Waals surface area contributed by atoms with Gasteiger partial charge in [0.25, 0.3) is 0 Å². The summed E-state index contributed by atoms with van der Waals surface area (Å²) in [6.07, 6.45) is 0.467. The topological polar surface area (TPSA) is 247 Å². The molecule has 2 rings (SSSR count). The summed E-state index contributed by atoms with van der Waals surface area (Å²) in [5, 5.41) is 26.2. The van der Waals surface area contributed by atoms with Gasteiger partial charge in [-0.1, -0.05) is 18.2 Å². The molecule has 0 fully saturated rings. The predicted molar refractivity (Wildman–Crippen MR) is 134 cm³/mol. The predicted octanol–water partition coefficient (Wildman–Crippen LogP) is -1.27. The van der Waals surface area contributed by atoms with E-state index in [0.29, 0.717) is 0 Å². The van der Waals surface area contributed by atoms with Crippen molar-refractivity contribution in [3.05, 3.63) is 36.0 Å². The molecule has 14 heteroatoms. The van der Waals surface area contributed by atoms with Crippen molar-refractivity contribution in [2.75, 3.05) is 0 Å². The maximum atomic E-state index is 12.7. The first kappa shape index (κ1) is 29.8. The van der Waals surface area contributed by atoms with E-state index in [9.17, 15) is 33.9 Å². The Balaban J connectivity index is 2.00. The Morgan fingerprint density at radius 2 is 1.53 bits per heavy atom. The molecule has 0 aliphatic carbocycles. The van der Waals surface area contributed by atoms with Crippen LogP contribution in [0.25, 0.3) is 10.9 Å². The number of fused-ring (bicyclic) bond motifs is 1. The lowest BCUT2D eigenvalue weighted by Crippen LogP contribution is -2.56. The number of amides is 4. The Labute approximate surface area is 217 Å². The third kappa shape index (κ3) is 8.89. The number of hydrogen-bond acceptors (Lipinski definition) is 7. The number of aromatic amines is 1. The molecule has 38 heavy (non-hydrogen) atoms. The lowest BCUT2D eigenvalue weighted by atomic mass is 10.0. The average Bonchev–Trinajstić information content (AvgIpc) is 3.26. The molecule has 0 bridgehead atoms. The number of carboxylic acid groups (broad SMARTS) is 2. The number of rotatable bonds is 15. The smallest absolute Gasteiger partial charge is 0.326 e. The van der Waals surface area contributed by atoms with Gasteiger partial charge in [0.2, 0.25) is 23.6 Å². The van der Waals surface area contributed by atoms with E-state index in [-0.39, 0.29) is 25.7 Å². The van der Waals surface area contributed by atoms with E-state index in [1.165, 1.54) is 6.92 Å². The normalized spacial score (nSPS) is 14.1. The fourth-order valence-electron chi connectivity index (χ4n) is 3.67. The van der Waals surface area contributed by atoms with Crippen molar-refractivity contribution in [1.29, 1.82) is 0 Å². The van der Waals surface area contributed by atoms with Crippen molar-refractivity contribution in [3.8, 4) is 0 Å². The zero-order chi connectivity index (χ0) is 28.4. The van der Waals surface area contributed by atoms with Crippen LogP contribution in [0.5, 0.6) is 0 Å². The van der Waals surface area contributed by atoms with Gasteiger partial charge in [-0.25, -0.2) is 4.79 Å².